The monoisotopic (exact) mass is 165 g/mol. The van der Waals surface area contributed by atoms with Crippen LogP contribution in [0.15, 0.2) is 30.9 Å². The summed E-state index contributed by atoms with van der Waals surface area (Å²) in [6, 6.07) is 4.61. The molecule has 0 saturated carbocycles. The molecule has 0 heterocycles. The second-order valence-corrected chi connectivity index (χ2v) is 2.72. The first-order chi connectivity index (χ1) is 5.66. The first-order valence-electron chi connectivity index (χ1n) is 3.80. The lowest BCUT2D eigenvalue weighted by Crippen LogP contribution is -2.08. The number of rotatable bonds is 2. The van der Waals surface area contributed by atoms with Crippen molar-refractivity contribution in [1.29, 1.82) is 0 Å². The first-order valence-corrected chi connectivity index (χ1v) is 3.80. The van der Waals surface area contributed by atoms with E-state index in [9.17, 15) is 4.39 Å². The molecule has 12 heavy (non-hydrogen) atoms. The van der Waals surface area contributed by atoms with Crippen LogP contribution in [0, 0.1) is 12.7 Å². The molecule has 2 heteroatoms. The van der Waals surface area contributed by atoms with E-state index in [0.29, 0.717) is 5.56 Å². The molecule has 0 fully saturated rings. The summed E-state index contributed by atoms with van der Waals surface area (Å²) in [6.07, 6.45) is 1.60. The molecule has 1 aromatic rings. The van der Waals surface area contributed by atoms with Gasteiger partial charge in [0.05, 0.1) is 0 Å². The number of halogens is 1. The number of hydrogen-bond donors (Lipinski definition) is 1. The highest BCUT2D eigenvalue weighted by Crippen LogP contribution is 2.18. The van der Waals surface area contributed by atoms with E-state index in [1.54, 1.807) is 19.1 Å². The van der Waals surface area contributed by atoms with Gasteiger partial charge in [-0.25, -0.2) is 4.39 Å². The lowest BCUT2D eigenvalue weighted by molar-refractivity contribution is 0.613. The predicted molar refractivity (Wildman–Crippen MR) is 48.3 cm³/mol. The predicted octanol–water partition coefficient (Wildman–Crippen LogP) is 2.32. The van der Waals surface area contributed by atoms with Crippen LogP contribution >= 0.6 is 0 Å². The Balaban J connectivity index is 3.15. The molecule has 0 aliphatic rings. The quantitative estimate of drug-likeness (QED) is 0.669. The molecule has 64 valence electrons. The maximum Gasteiger partial charge on any atom is 0.126 e. The molecule has 1 atom stereocenters. The lowest BCUT2D eigenvalue weighted by Gasteiger charge is -2.10. The van der Waals surface area contributed by atoms with Gasteiger partial charge in [0.15, 0.2) is 0 Å². The molecule has 0 bridgehead atoms. The highest BCUT2D eigenvalue weighted by Gasteiger charge is 2.07. The van der Waals surface area contributed by atoms with Crippen molar-refractivity contribution in [2.75, 3.05) is 0 Å². The van der Waals surface area contributed by atoms with Crippen molar-refractivity contribution in [2.45, 2.75) is 13.0 Å². The summed E-state index contributed by atoms with van der Waals surface area (Å²) in [4.78, 5) is 0. The van der Waals surface area contributed by atoms with E-state index < -0.39 is 0 Å². The van der Waals surface area contributed by atoms with Gasteiger partial charge in [0.25, 0.3) is 0 Å². The molecule has 0 unspecified atom stereocenters. The molecule has 2 N–H and O–H groups in total. The van der Waals surface area contributed by atoms with Crippen molar-refractivity contribution >= 4 is 0 Å². The minimum absolute atomic E-state index is 0.218. The van der Waals surface area contributed by atoms with Crippen molar-refractivity contribution in [1.82, 2.24) is 0 Å². The van der Waals surface area contributed by atoms with Crippen LogP contribution in [0.2, 0.25) is 0 Å². The molecule has 0 aliphatic heterocycles. The molecule has 0 radical (unpaired) electrons. The van der Waals surface area contributed by atoms with Gasteiger partial charge in [-0.15, -0.1) is 6.58 Å². The average Bonchev–Trinajstić information content (AvgIpc) is 2.08. The number of benzene rings is 1. The van der Waals surface area contributed by atoms with Gasteiger partial charge in [0, 0.05) is 6.04 Å². The summed E-state index contributed by atoms with van der Waals surface area (Å²) in [5.74, 6) is -0.218. The van der Waals surface area contributed by atoms with Crippen LogP contribution in [0.25, 0.3) is 0 Å². The Labute approximate surface area is 71.7 Å². The Kier molecular flexibility index (Phi) is 2.61. The van der Waals surface area contributed by atoms with Gasteiger partial charge in [-0.05, 0) is 24.1 Å². The van der Waals surface area contributed by atoms with Crippen LogP contribution in [0.5, 0.6) is 0 Å². The Morgan fingerprint density at radius 2 is 2.25 bits per heavy atom. The van der Waals surface area contributed by atoms with Crippen molar-refractivity contribution < 1.29 is 4.39 Å². The van der Waals surface area contributed by atoms with Gasteiger partial charge in [-0.3, -0.25) is 0 Å². The fraction of sp³-hybridized carbons (Fsp3) is 0.200. The maximum absolute atomic E-state index is 13.0. The average molecular weight is 165 g/mol. The largest absolute Gasteiger partial charge is 0.321 e. The summed E-state index contributed by atoms with van der Waals surface area (Å²) < 4.78 is 13.0. The van der Waals surface area contributed by atoms with Crippen molar-refractivity contribution in [3.63, 3.8) is 0 Å². The Morgan fingerprint density at radius 3 is 2.83 bits per heavy atom. The Morgan fingerprint density at radius 1 is 1.58 bits per heavy atom. The minimum Gasteiger partial charge on any atom is -0.321 e. The molecule has 0 spiro atoms. The summed E-state index contributed by atoms with van der Waals surface area (Å²) in [5.41, 5.74) is 7.08. The summed E-state index contributed by atoms with van der Waals surface area (Å²) in [5, 5.41) is 0. The number of hydrogen-bond acceptors (Lipinski definition) is 1. The molecule has 0 amide bonds. The lowest BCUT2D eigenvalue weighted by atomic mass is 10.0. The molecule has 1 rings (SSSR count). The zero-order valence-corrected chi connectivity index (χ0v) is 7.05. The van der Waals surface area contributed by atoms with Crippen LogP contribution in [-0.2, 0) is 0 Å². The van der Waals surface area contributed by atoms with Gasteiger partial charge in [-0.2, -0.15) is 0 Å². The highest BCUT2D eigenvalue weighted by molar-refractivity contribution is 5.31. The van der Waals surface area contributed by atoms with Crippen LogP contribution < -0.4 is 5.73 Å². The van der Waals surface area contributed by atoms with Gasteiger partial charge >= 0.3 is 0 Å². The van der Waals surface area contributed by atoms with E-state index in [1.807, 2.05) is 6.07 Å². The standard InChI is InChI=1S/C10H12FN/c1-3-10(12)8-5-4-6-9(11)7(8)2/h3-6,10H,1,12H2,2H3/t10-/m0/s1. The Bertz CT molecular complexity index is 294. The molecular weight excluding hydrogens is 153 g/mol. The second kappa shape index (κ2) is 3.50. The summed E-state index contributed by atoms with van der Waals surface area (Å²) >= 11 is 0. The van der Waals surface area contributed by atoms with Crippen molar-refractivity contribution in [3.8, 4) is 0 Å². The third kappa shape index (κ3) is 1.53. The summed E-state index contributed by atoms with van der Waals surface area (Å²) in [6.45, 7) is 5.28. The molecular formula is C10H12FN. The van der Waals surface area contributed by atoms with Gasteiger partial charge in [0.2, 0.25) is 0 Å². The smallest absolute Gasteiger partial charge is 0.126 e. The Hall–Kier alpha value is -1.15. The van der Waals surface area contributed by atoms with Crippen LogP contribution in [-0.4, -0.2) is 0 Å². The van der Waals surface area contributed by atoms with Crippen LogP contribution in [0.4, 0.5) is 4.39 Å². The zero-order valence-electron chi connectivity index (χ0n) is 7.05. The van der Waals surface area contributed by atoms with Crippen LogP contribution in [0.3, 0.4) is 0 Å². The van der Waals surface area contributed by atoms with Gasteiger partial charge in [-0.1, -0.05) is 18.2 Å². The van der Waals surface area contributed by atoms with E-state index in [2.05, 4.69) is 6.58 Å². The third-order valence-electron chi connectivity index (χ3n) is 1.92. The minimum atomic E-state index is -0.277. The topological polar surface area (TPSA) is 26.0 Å². The SMILES string of the molecule is C=C[C@H](N)c1cccc(F)c1C. The third-order valence-corrected chi connectivity index (χ3v) is 1.92. The van der Waals surface area contributed by atoms with Gasteiger partial charge < -0.3 is 5.73 Å². The van der Waals surface area contributed by atoms with E-state index in [0.717, 1.165) is 5.56 Å². The second-order valence-electron chi connectivity index (χ2n) is 2.72. The van der Waals surface area contributed by atoms with Crippen LogP contribution in [0.1, 0.15) is 17.2 Å². The van der Waals surface area contributed by atoms with E-state index >= 15 is 0 Å². The molecule has 1 aromatic carbocycles. The fourth-order valence-corrected chi connectivity index (χ4v) is 1.11. The van der Waals surface area contributed by atoms with E-state index in [4.69, 9.17) is 5.73 Å². The molecule has 0 aliphatic carbocycles. The normalized spacial score (nSPS) is 12.6. The first kappa shape index (κ1) is 8.94. The van der Waals surface area contributed by atoms with Gasteiger partial charge in [0.1, 0.15) is 5.82 Å². The van der Waals surface area contributed by atoms with Crippen molar-refractivity contribution in [2.24, 2.45) is 5.73 Å². The summed E-state index contributed by atoms with van der Waals surface area (Å²) in [7, 11) is 0. The highest BCUT2D eigenvalue weighted by atomic mass is 19.1. The fourth-order valence-electron chi connectivity index (χ4n) is 1.11. The molecule has 0 saturated heterocycles. The van der Waals surface area contributed by atoms with Crippen molar-refractivity contribution in [3.05, 3.63) is 47.8 Å². The van der Waals surface area contributed by atoms with E-state index in [-0.39, 0.29) is 11.9 Å². The van der Waals surface area contributed by atoms with E-state index in [1.165, 1.54) is 6.07 Å². The molecule has 0 aromatic heterocycles. The number of nitrogens with two attached hydrogens (primary N) is 1. The molecule has 1 nitrogen and oxygen atoms in total. The zero-order chi connectivity index (χ0) is 9.14. The maximum atomic E-state index is 13.0.